The Labute approximate surface area is 141 Å². The molecule has 24 heavy (non-hydrogen) atoms. The van der Waals surface area contributed by atoms with E-state index in [0.29, 0.717) is 0 Å². The van der Waals surface area contributed by atoms with Crippen molar-refractivity contribution in [3.8, 4) is 0 Å². The minimum atomic E-state index is -0.181. The van der Waals surface area contributed by atoms with E-state index < -0.39 is 0 Å². The highest BCUT2D eigenvalue weighted by Gasteiger charge is 2.18. The average Bonchev–Trinajstić information content (AvgIpc) is 2.98. The summed E-state index contributed by atoms with van der Waals surface area (Å²) in [5, 5.41) is 0. The van der Waals surface area contributed by atoms with Crippen molar-refractivity contribution in [1.82, 2.24) is 14.3 Å². The molecule has 0 unspecified atom stereocenters. The topological polar surface area (TPSA) is 23.8 Å². The first-order valence-electron chi connectivity index (χ1n) is 8.34. The van der Waals surface area contributed by atoms with E-state index in [1.807, 2.05) is 12.1 Å². The Morgan fingerprint density at radius 1 is 1.04 bits per heavy atom. The standard InChI is InChI=1S/C19H21FN4/c1-15-6-7-24-14-17(21-19(24)12-15)13-22-8-10-23(11-9-22)18-4-2-16(20)3-5-18/h2-7,12,14H,8-11,13H2,1H3. The molecule has 0 spiro atoms. The van der Waals surface area contributed by atoms with Gasteiger partial charge >= 0.3 is 0 Å². The van der Waals surface area contributed by atoms with E-state index >= 15 is 0 Å². The number of nitrogens with zero attached hydrogens (tertiary/aromatic N) is 4. The second-order valence-corrected chi connectivity index (χ2v) is 6.44. The predicted octanol–water partition coefficient (Wildman–Crippen LogP) is 3.10. The number of pyridine rings is 1. The lowest BCUT2D eigenvalue weighted by molar-refractivity contribution is 0.247. The van der Waals surface area contributed by atoms with Crippen LogP contribution in [0.25, 0.3) is 5.65 Å². The van der Waals surface area contributed by atoms with Crippen LogP contribution >= 0.6 is 0 Å². The summed E-state index contributed by atoms with van der Waals surface area (Å²) in [6.45, 7) is 6.85. The molecule has 124 valence electrons. The highest BCUT2D eigenvalue weighted by molar-refractivity contribution is 5.46. The Balaban J connectivity index is 1.39. The van der Waals surface area contributed by atoms with Gasteiger partial charge in [-0.05, 0) is 48.9 Å². The van der Waals surface area contributed by atoms with E-state index in [1.54, 1.807) is 0 Å². The molecule has 2 aromatic heterocycles. The van der Waals surface area contributed by atoms with E-state index in [2.05, 4.69) is 45.7 Å². The number of imidazole rings is 1. The van der Waals surface area contributed by atoms with Crippen molar-refractivity contribution in [2.75, 3.05) is 31.1 Å². The Morgan fingerprint density at radius 3 is 2.54 bits per heavy atom. The predicted molar refractivity (Wildman–Crippen MR) is 93.8 cm³/mol. The van der Waals surface area contributed by atoms with Crippen molar-refractivity contribution in [2.45, 2.75) is 13.5 Å². The van der Waals surface area contributed by atoms with Gasteiger partial charge in [-0.15, -0.1) is 0 Å². The van der Waals surface area contributed by atoms with Crippen molar-refractivity contribution in [3.63, 3.8) is 0 Å². The van der Waals surface area contributed by atoms with Crippen LogP contribution in [-0.4, -0.2) is 40.5 Å². The molecule has 0 amide bonds. The molecule has 0 aliphatic carbocycles. The molecule has 0 N–H and O–H groups in total. The van der Waals surface area contributed by atoms with Crippen molar-refractivity contribution in [1.29, 1.82) is 0 Å². The summed E-state index contributed by atoms with van der Waals surface area (Å²) in [5.74, 6) is -0.181. The van der Waals surface area contributed by atoms with E-state index in [-0.39, 0.29) is 5.82 Å². The fraction of sp³-hybridized carbons (Fsp3) is 0.316. The number of halogens is 1. The van der Waals surface area contributed by atoms with E-state index in [9.17, 15) is 4.39 Å². The van der Waals surface area contributed by atoms with Gasteiger partial charge in [0.25, 0.3) is 0 Å². The molecule has 1 fully saturated rings. The first kappa shape index (κ1) is 15.1. The lowest BCUT2D eigenvalue weighted by Gasteiger charge is -2.35. The number of rotatable bonds is 3. The van der Waals surface area contributed by atoms with Gasteiger partial charge in [0.05, 0.1) is 5.69 Å². The first-order chi connectivity index (χ1) is 11.7. The number of fused-ring (bicyclic) bond motifs is 1. The number of piperazine rings is 1. The molecule has 0 atom stereocenters. The van der Waals surface area contributed by atoms with Crippen molar-refractivity contribution >= 4 is 11.3 Å². The number of benzene rings is 1. The molecule has 0 radical (unpaired) electrons. The maximum atomic E-state index is 13.0. The van der Waals surface area contributed by atoms with Gasteiger partial charge in [-0.25, -0.2) is 9.37 Å². The van der Waals surface area contributed by atoms with Gasteiger partial charge in [0, 0.05) is 50.8 Å². The van der Waals surface area contributed by atoms with Gasteiger partial charge in [-0.2, -0.15) is 0 Å². The monoisotopic (exact) mass is 324 g/mol. The minimum absolute atomic E-state index is 0.181. The third-order valence-electron chi connectivity index (χ3n) is 4.62. The van der Waals surface area contributed by atoms with Crippen LogP contribution in [0.3, 0.4) is 0 Å². The fourth-order valence-corrected chi connectivity index (χ4v) is 3.26. The van der Waals surface area contributed by atoms with Gasteiger partial charge in [0.15, 0.2) is 0 Å². The quantitative estimate of drug-likeness (QED) is 0.740. The molecule has 1 aliphatic rings. The van der Waals surface area contributed by atoms with Gasteiger partial charge in [-0.1, -0.05) is 0 Å². The molecule has 3 aromatic rings. The molecule has 0 bridgehead atoms. The van der Waals surface area contributed by atoms with Crippen molar-refractivity contribution in [3.05, 3.63) is 65.9 Å². The number of hydrogen-bond acceptors (Lipinski definition) is 3. The molecule has 1 aromatic carbocycles. The summed E-state index contributed by atoms with van der Waals surface area (Å²) >= 11 is 0. The highest BCUT2D eigenvalue weighted by atomic mass is 19.1. The maximum absolute atomic E-state index is 13.0. The number of aryl methyl sites for hydroxylation is 1. The Bertz CT molecular complexity index is 832. The molecule has 1 aliphatic heterocycles. The van der Waals surface area contributed by atoms with E-state index in [1.165, 1.54) is 17.7 Å². The molecule has 4 nitrogen and oxygen atoms in total. The fourth-order valence-electron chi connectivity index (χ4n) is 3.26. The second kappa shape index (κ2) is 6.24. The van der Waals surface area contributed by atoms with Crippen LogP contribution in [0.15, 0.2) is 48.8 Å². The third kappa shape index (κ3) is 3.12. The second-order valence-electron chi connectivity index (χ2n) is 6.44. The largest absolute Gasteiger partial charge is 0.369 e. The lowest BCUT2D eigenvalue weighted by Crippen LogP contribution is -2.46. The summed E-state index contributed by atoms with van der Waals surface area (Å²) in [7, 11) is 0. The Hall–Kier alpha value is -2.40. The molecular weight excluding hydrogens is 303 g/mol. The Morgan fingerprint density at radius 2 is 1.79 bits per heavy atom. The van der Waals surface area contributed by atoms with Crippen LogP contribution in [0.2, 0.25) is 0 Å². The molecular formula is C19H21FN4. The van der Waals surface area contributed by atoms with Crippen LogP contribution in [-0.2, 0) is 6.54 Å². The first-order valence-corrected chi connectivity index (χ1v) is 8.34. The Kier molecular flexibility index (Phi) is 3.94. The highest BCUT2D eigenvalue weighted by Crippen LogP contribution is 2.18. The SMILES string of the molecule is Cc1ccn2cc(CN3CCN(c4ccc(F)cc4)CC3)nc2c1. The summed E-state index contributed by atoms with van der Waals surface area (Å²) in [6.07, 6.45) is 4.18. The molecule has 3 heterocycles. The van der Waals surface area contributed by atoms with Gasteiger partial charge in [0.2, 0.25) is 0 Å². The van der Waals surface area contributed by atoms with Crippen LogP contribution in [0.1, 0.15) is 11.3 Å². The maximum Gasteiger partial charge on any atom is 0.137 e. The smallest absolute Gasteiger partial charge is 0.137 e. The normalized spacial score (nSPS) is 16.0. The van der Waals surface area contributed by atoms with Crippen LogP contribution < -0.4 is 4.90 Å². The number of hydrogen-bond donors (Lipinski definition) is 0. The summed E-state index contributed by atoms with van der Waals surface area (Å²) in [5.41, 5.74) is 4.44. The van der Waals surface area contributed by atoms with Crippen LogP contribution in [0.5, 0.6) is 0 Å². The minimum Gasteiger partial charge on any atom is -0.369 e. The zero-order valence-electron chi connectivity index (χ0n) is 13.8. The van der Waals surface area contributed by atoms with Crippen molar-refractivity contribution in [2.24, 2.45) is 0 Å². The van der Waals surface area contributed by atoms with E-state index in [4.69, 9.17) is 4.98 Å². The number of anilines is 1. The molecule has 4 rings (SSSR count). The van der Waals surface area contributed by atoms with Gasteiger partial charge in [-0.3, -0.25) is 4.90 Å². The lowest BCUT2D eigenvalue weighted by atomic mass is 10.2. The zero-order valence-corrected chi connectivity index (χ0v) is 13.8. The molecule has 0 saturated carbocycles. The van der Waals surface area contributed by atoms with Crippen molar-refractivity contribution < 1.29 is 4.39 Å². The third-order valence-corrected chi connectivity index (χ3v) is 4.62. The van der Waals surface area contributed by atoms with Crippen LogP contribution in [0.4, 0.5) is 10.1 Å². The summed E-state index contributed by atoms with van der Waals surface area (Å²) in [6, 6.07) is 11.0. The summed E-state index contributed by atoms with van der Waals surface area (Å²) in [4.78, 5) is 9.45. The summed E-state index contributed by atoms with van der Waals surface area (Å²) < 4.78 is 15.1. The average molecular weight is 324 g/mol. The van der Waals surface area contributed by atoms with Crippen LogP contribution in [0, 0.1) is 12.7 Å². The van der Waals surface area contributed by atoms with Gasteiger partial charge < -0.3 is 9.30 Å². The molecule has 1 saturated heterocycles. The van der Waals surface area contributed by atoms with Gasteiger partial charge in [0.1, 0.15) is 11.5 Å². The zero-order chi connectivity index (χ0) is 16.5. The van der Waals surface area contributed by atoms with E-state index in [0.717, 1.165) is 49.8 Å². The number of aromatic nitrogens is 2. The molecule has 5 heteroatoms.